The largest absolute Gasteiger partial charge is 0.454 e. The van der Waals surface area contributed by atoms with Crippen molar-refractivity contribution >= 4 is 21.9 Å². The highest BCUT2D eigenvalue weighted by Gasteiger charge is 2.30. The predicted molar refractivity (Wildman–Crippen MR) is 109 cm³/mol. The van der Waals surface area contributed by atoms with Gasteiger partial charge in [-0.2, -0.15) is 4.72 Å². The lowest BCUT2D eigenvalue weighted by molar-refractivity contribution is -0.154. The van der Waals surface area contributed by atoms with Crippen LogP contribution in [0.5, 0.6) is 0 Å². The van der Waals surface area contributed by atoms with E-state index in [0.717, 1.165) is 0 Å². The number of halogens is 1. The van der Waals surface area contributed by atoms with Crippen LogP contribution in [-0.4, -0.2) is 44.9 Å². The Morgan fingerprint density at radius 2 is 1.67 bits per heavy atom. The number of carbonyl (C=O) groups excluding carboxylic acids is 2. The van der Waals surface area contributed by atoms with Gasteiger partial charge in [-0.3, -0.25) is 9.59 Å². The summed E-state index contributed by atoms with van der Waals surface area (Å²) in [5.41, 5.74) is 0.329. The van der Waals surface area contributed by atoms with E-state index in [1.807, 2.05) is 0 Å². The van der Waals surface area contributed by atoms with Gasteiger partial charge in [-0.15, -0.1) is 0 Å². The number of esters is 1. The monoisotopic (exact) mass is 436 g/mol. The van der Waals surface area contributed by atoms with E-state index in [0.29, 0.717) is 5.56 Å². The van der Waals surface area contributed by atoms with E-state index >= 15 is 0 Å². The Bertz CT molecular complexity index is 980. The molecule has 0 spiro atoms. The second kappa shape index (κ2) is 10.3. The van der Waals surface area contributed by atoms with Crippen molar-refractivity contribution in [1.29, 1.82) is 0 Å². The number of nitrogens with zero attached hydrogens (tertiary/aromatic N) is 1. The smallest absolute Gasteiger partial charge is 0.324 e. The fraction of sp³-hybridized carbons (Fsp3) is 0.333. The lowest BCUT2D eigenvalue weighted by Crippen LogP contribution is -2.46. The zero-order chi connectivity index (χ0) is 22.3. The van der Waals surface area contributed by atoms with E-state index in [9.17, 15) is 22.4 Å². The molecule has 2 aromatic carbocycles. The minimum Gasteiger partial charge on any atom is -0.454 e. The predicted octanol–water partition coefficient (Wildman–Crippen LogP) is 2.33. The molecule has 0 aliphatic carbocycles. The lowest BCUT2D eigenvalue weighted by Gasteiger charge is -2.22. The molecule has 30 heavy (non-hydrogen) atoms. The molecule has 1 N–H and O–H groups in total. The van der Waals surface area contributed by atoms with Crippen molar-refractivity contribution in [3.63, 3.8) is 0 Å². The molecule has 2 rings (SSSR count). The van der Waals surface area contributed by atoms with Crippen LogP contribution in [0.3, 0.4) is 0 Å². The Morgan fingerprint density at radius 3 is 2.27 bits per heavy atom. The van der Waals surface area contributed by atoms with Crippen LogP contribution in [0.2, 0.25) is 0 Å². The van der Waals surface area contributed by atoms with Gasteiger partial charge in [0.1, 0.15) is 11.9 Å². The highest BCUT2D eigenvalue weighted by Crippen LogP contribution is 2.13. The van der Waals surface area contributed by atoms with E-state index in [1.54, 1.807) is 50.2 Å². The molecule has 0 radical (unpaired) electrons. The molecule has 0 saturated carbocycles. The Labute approximate surface area is 175 Å². The molecule has 0 aliphatic rings. The van der Waals surface area contributed by atoms with E-state index in [2.05, 4.69) is 4.72 Å². The molecule has 0 unspecified atom stereocenters. The fourth-order valence-corrected chi connectivity index (χ4v) is 3.95. The molecule has 1 amide bonds. The number of hydrogen-bond acceptors (Lipinski definition) is 5. The maximum absolute atomic E-state index is 13.7. The summed E-state index contributed by atoms with van der Waals surface area (Å²) in [6, 6.07) is 12.5. The second-order valence-electron chi connectivity index (χ2n) is 7.10. The first-order chi connectivity index (χ1) is 14.1. The van der Waals surface area contributed by atoms with Gasteiger partial charge < -0.3 is 9.64 Å². The van der Waals surface area contributed by atoms with Crippen LogP contribution in [0.25, 0.3) is 0 Å². The third-order valence-electron chi connectivity index (χ3n) is 4.39. The highest BCUT2D eigenvalue weighted by atomic mass is 32.2. The molecule has 0 bridgehead atoms. The van der Waals surface area contributed by atoms with Crippen LogP contribution in [0, 0.1) is 11.7 Å². The molecule has 0 heterocycles. The molecule has 9 heteroatoms. The van der Waals surface area contributed by atoms with Crippen LogP contribution < -0.4 is 4.72 Å². The second-order valence-corrected chi connectivity index (χ2v) is 8.82. The fourth-order valence-electron chi connectivity index (χ4n) is 2.59. The van der Waals surface area contributed by atoms with Gasteiger partial charge in [0.15, 0.2) is 6.61 Å². The van der Waals surface area contributed by atoms with E-state index < -0.39 is 46.3 Å². The van der Waals surface area contributed by atoms with E-state index in [-0.39, 0.29) is 11.4 Å². The Kier molecular flexibility index (Phi) is 8.08. The summed E-state index contributed by atoms with van der Waals surface area (Å²) >= 11 is 0. The third-order valence-corrected chi connectivity index (χ3v) is 5.84. The Balaban J connectivity index is 1.98. The minimum atomic E-state index is -3.94. The van der Waals surface area contributed by atoms with Gasteiger partial charge in [-0.25, -0.2) is 12.8 Å². The normalized spacial score (nSPS) is 12.4. The average Bonchev–Trinajstić information content (AvgIpc) is 2.72. The van der Waals surface area contributed by atoms with Crippen molar-refractivity contribution in [2.45, 2.75) is 31.3 Å². The summed E-state index contributed by atoms with van der Waals surface area (Å²) in [7, 11) is -2.48. The molecule has 0 aliphatic heterocycles. The number of likely N-dealkylation sites (N-methyl/N-ethyl adjacent to an activating group) is 1. The number of hydrogen-bond donors (Lipinski definition) is 1. The van der Waals surface area contributed by atoms with Crippen molar-refractivity contribution in [3.8, 4) is 0 Å². The number of benzene rings is 2. The molecule has 1 atom stereocenters. The third kappa shape index (κ3) is 6.36. The molecular formula is C21H25FN2O5S. The quantitative estimate of drug-likeness (QED) is 0.609. The maximum Gasteiger partial charge on any atom is 0.324 e. The van der Waals surface area contributed by atoms with Gasteiger partial charge in [0.25, 0.3) is 5.91 Å². The summed E-state index contributed by atoms with van der Waals surface area (Å²) in [6.07, 6.45) is 0. The first-order valence-electron chi connectivity index (χ1n) is 9.33. The van der Waals surface area contributed by atoms with Crippen molar-refractivity contribution in [2.24, 2.45) is 5.92 Å². The van der Waals surface area contributed by atoms with Gasteiger partial charge in [0.05, 0.1) is 4.90 Å². The molecule has 0 fully saturated rings. The molecule has 2 aromatic rings. The molecular weight excluding hydrogens is 411 g/mol. The molecule has 0 aromatic heterocycles. The lowest BCUT2D eigenvalue weighted by atomic mass is 10.1. The van der Waals surface area contributed by atoms with Gasteiger partial charge in [-0.05, 0) is 24.1 Å². The molecule has 162 valence electrons. The van der Waals surface area contributed by atoms with Gasteiger partial charge >= 0.3 is 5.97 Å². The Hall–Kier alpha value is -2.78. The zero-order valence-electron chi connectivity index (χ0n) is 17.0. The molecule has 0 saturated heterocycles. The van der Waals surface area contributed by atoms with Crippen molar-refractivity contribution in [3.05, 3.63) is 66.0 Å². The first kappa shape index (κ1) is 23.5. The number of nitrogens with one attached hydrogen (secondary N) is 1. The number of amides is 1. The topological polar surface area (TPSA) is 92.8 Å². The highest BCUT2D eigenvalue weighted by molar-refractivity contribution is 7.89. The standard InChI is InChI=1S/C21H25FN2O5S/c1-15(2)20(23-30(27,28)17-10-5-4-6-11-17)21(26)29-14-19(25)24(3)13-16-9-7-8-12-18(16)22/h4-12,15,20,23H,13-14H2,1-3H3/t20-/m0/s1. The number of ether oxygens (including phenoxy) is 1. The van der Waals surface area contributed by atoms with Gasteiger partial charge in [0.2, 0.25) is 10.0 Å². The first-order valence-corrected chi connectivity index (χ1v) is 10.8. The minimum absolute atomic E-state index is 0.0112. The van der Waals surface area contributed by atoms with Crippen molar-refractivity contribution < 1.29 is 27.1 Å². The van der Waals surface area contributed by atoms with Gasteiger partial charge in [-0.1, -0.05) is 50.2 Å². The van der Waals surface area contributed by atoms with Gasteiger partial charge in [0, 0.05) is 19.2 Å². The summed E-state index contributed by atoms with van der Waals surface area (Å²) < 4.78 is 46.1. The van der Waals surface area contributed by atoms with Crippen LogP contribution in [0.15, 0.2) is 59.5 Å². The van der Waals surface area contributed by atoms with Crippen molar-refractivity contribution in [2.75, 3.05) is 13.7 Å². The van der Waals surface area contributed by atoms with Crippen LogP contribution in [0.1, 0.15) is 19.4 Å². The van der Waals surface area contributed by atoms with Crippen LogP contribution in [0.4, 0.5) is 4.39 Å². The van der Waals surface area contributed by atoms with Crippen LogP contribution in [-0.2, 0) is 30.9 Å². The zero-order valence-corrected chi connectivity index (χ0v) is 17.9. The summed E-state index contributed by atoms with van der Waals surface area (Å²) in [4.78, 5) is 25.9. The average molecular weight is 437 g/mol. The maximum atomic E-state index is 13.7. The Morgan fingerprint density at radius 1 is 1.07 bits per heavy atom. The van der Waals surface area contributed by atoms with Crippen molar-refractivity contribution in [1.82, 2.24) is 9.62 Å². The van der Waals surface area contributed by atoms with E-state index in [1.165, 1.54) is 30.1 Å². The molecule has 7 nitrogen and oxygen atoms in total. The number of sulfonamides is 1. The van der Waals surface area contributed by atoms with Crippen LogP contribution >= 0.6 is 0 Å². The van der Waals surface area contributed by atoms with E-state index in [4.69, 9.17) is 4.74 Å². The number of carbonyl (C=O) groups is 2. The summed E-state index contributed by atoms with van der Waals surface area (Å²) in [5.74, 6) is -2.26. The number of rotatable bonds is 9. The SMILES string of the molecule is CC(C)[C@H](NS(=O)(=O)c1ccccc1)C(=O)OCC(=O)N(C)Cc1ccccc1F. The summed E-state index contributed by atoms with van der Waals surface area (Å²) in [5, 5.41) is 0. The summed E-state index contributed by atoms with van der Waals surface area (Å²) in [6.45, 7) is 2.74.